The first-order valence-electron chi connectivity index (χ1n) is 6.59. The van der Waals surface area contributed by atoms with E-state index in [4.69, 9.17) is 9.84 Å². The van der Waals surface area contributed by atoms with Gasteiger partial charge in [-0.25, -0.2) is 9.18 Å². The molecule has 21 heavy (non-hydrogen) atoms. The zero-order valence-electron chi connectivity index (χ0n) is 11.6. The van der Waals surface area contributed by atoms with Crippen LogP contribution in [0.25, 0.3) is 0 Å². The summed E-state index contributed by atoms with van der Waals surface area (Å²) in [4.78, 5) is 22.9. The minimum atomic E-state index is -0.899. The fraction of sp³-hybridized carbons (Fsp3) is 0.429. The molecule has 2 rings (SSSR count). The van der Waals surface area contributed by atoms with E-state index in [9.17, 15) is 14.0 Å². The molecule has 0 radical (unpaired) electrons. The van der Waals surface area contributed by atoms with Crippen molar-refractivity contribution in [2.24, 2.45) is 5.41 Å². The summed E-state index contributed by atoms with van der Waals surface area (Å²) in [6.07, 6.45) is 1.96. The number of carboxylic acid groups (broad SMARTS) is 1. The van der Waals surface area contributed by atoms with Crippen molar-refractivity contribution in [3.05, 3.63) is 24.0 Å². The standard InChI is InChI=1S/C14H17FN2O4/c1-21-11-4-3-9(7-10(11)15)17-13(20)16-8-14(12(18)19)5-2-6-14/h3-4,7H,2,5-6,8H2,1H3,(H,18,19)(H2,16,17,20). The van der Waals surface area contributed by atoms with Crippen LogP contribution >= 0.6 is 0 Å². The van der Waals surface area contributed by atoms with Crippen LogP contribution < -0.4 is 15.4 Å². The molecule has 0 saturated heterocycles. The summed E-state index contributed by atoms with van der Waals surface area (Å²) in [5.74, 6) is -1.40. The van der Waals surface area contributed by atoms with Crippen molar-refractivity contribution in [3.63, 3.8) is 0 Å². The van der Waals surface area contributed by atoms with Crippen molar-refractivity contribution >= 4 is 17.7 Å². The molecule has 1 fully saturated rings. The number of methoxy groups -OCH3 is 1. The maximum absolute atomic E-state index is 13.5. The van der Waals surface area contributed by atoms with E-state index in [0.717, 1.165) is 12.5 Å². The van der Waals surface area contributed by atoms with Crippen LogP contribution in [0.4, 0.5) is 14.9 Å². The van der Waals surface area contributed by atoms with Gasteiger partial charge in [0.25, 0.3) is 0 Å². The number of aliphatic carboxylic acids is 1. The molecule has 0 atom stereocenters. The number of hydrogen-bond acceptors (Lipinski definition) is 3. The second-order valence-corrected chi connectivity index (χ2v) is 5.10. The second-order valence-electron chi connectivity index (χ2n) is 5.10. The number of urea groups is 1. The summed E-state index contributed by atoms with van der Waals surface area (Å²) in [6, 6.07) is 3.47. The molecule has 1 aromatic rings. The molecule has 0 unspecified atom stereocenters. The molecule has 1 aromatic carbocycles. The van der Waals surface area contributed by atoms with E-state index in [0.29, 0.717) is 12.8 Å². The maximum Gasteiger partial charge on any atom is 0.319 e. The highest BCUT2D eigenvalue weighted by molar-refractivity contribution is 5.89. The van der Waals surface area contributed by atoms with Gasteiger partial charge in [0.1, 0.15) is 0 Å². The lowest BCUT2D eigenvalue weighted by Crippen LogP contribution is -2.48. The predicted octanol–water partition coefficient (Wildman–Crippen LogP) is 2.21. The topological polar surface area (TPSA) is 87.7 Å². The Hall–Kier alpha value is -2.31. The van der Waals surface area contributed by atoms with Crippen LogP contribution in [0.3, 0.4) is 0 Å². The number of nitrogens with one attached hydrogen (secondary N) is 2. The summed E-state index contributed by atoms with van der Waals surface area (Å²) in [5, 5.41) is 14.1. The Bertz CT molecular complexity index is 558. The zero-order valence-corrected chi connectivity index (χ0v) is 11.6. The van der Waals surface area contributed by atoms with Gasteiger partial charge in [-0.05, 0) is 25.0 Å². The van der Waals surface area contributed by atoms with Gasteiger partial charge in [-0.1, -0.05) is 6.42 Å². The van der Waals surface area contributed by atoms with Gasteiger partial charge >= 0.3 is 12.0 Å². The lowest BCUT2D eigenvalue weighted by Gasteiger charge is -2.37. The Morgan fingerprint density at radius 1 is 1.43 bits per heavy atom. The van der Waals surface area contributed by atoms with Crippen LogP contribution in [-0.2, 0) is 4.79 Å². The van der Waals surface area contributed by atoms with Crippen molar-refractivity contribution in [1.82, 2.24) is 5.32 Å². The number of benzene rings is 1. The number of carbonyl (C=O) groups is 2. The molecule has 1 saturated carbocycles. The van der Waals surface area contributed by atoms with Crippen molar-refractivity contribution < 1.29 is 23.8 Å². The second kappa shape index (κ2) is 5.99. The lowest BCUT2D eigenvalue weighted by atomic mass is 9.69. The Morgan fingerprint density at radius 3 is 2.62 bits per heavy atom. The molecule has 0 spiro atoms. The fourth-order valence-electron chi connectivity index (χ4n) is 2.24. The van der Waals surface area contributed by atoms with Gasteiger partial charge < -0.3 is 20.5 Å². The van der Waals surface area contributed by atoms with Gasteiger partial charge in [-0.15, -0.1) is 0 Å². The summed E-state index contributed by atoms with van der Waals surface area (Å²) >= 11 is 0. The highest BCUT2D eigenvalue weighted by Gasteiger charge is 2.44. The molecule has 2 amide bonds. The monoisotopic (exact) mass is 296 g/mol. The van der Waals surface area contributed by atoms with Crippen molar-refractivity contribution in [1.29, 1.82) is 0 Å². The molecule has 1 aliphatic rings. The van der Waals surface area contributed by atoms with E-state index in [-0.39, 0.29) is 18.0 Å². The van der Waals surface area contributed by atoms with Gasteiger partial charge in [-0.2, -0.15) is 0 Å². The molecule has 0 bridgehead atoms. The summed E-state index contributed by atoms with van der Waals surface area (Å²) < 4.78 is 18.2. The van der Waals surface area contributed by atoms with E-state index in [2.05, 4.69) is 10.6 Å². The average molecular weight is 296 g/mol. The molecule has 0 aromatic heterocycles. The molecule has 6 nitrogen and oxygen atoms in total. The van der Waals surface area contributed by atoms with Gasteiger partial charge in [0.2, 0.25) is 0 Å². The SMILES string of the molecule is COc1ccc(NC(=O)NCC2(C(=O)O)CCC2)cc1F. The van der Waals surface area contributed by atoms with Crippen LogP contribution in [0.5, 0.6) is 5.75 Å². The number of hydrogen-bond donors (Lipinski definition) is 3. The van der Waals surface area contributed by atoms with Gasteiger partial charge in [0, 0.05) is 18.3 Å². The Labute approximate surface area is 121 Å². The third-order valence-corrected chi connectivity index (χ3v) is 3.76. The number of amides is 2. The van der Waals surface area contributed by atoms with Crippen molar-refractivity contribution in [3.8, 4) is 5.75 Å². The number of anilines is 1. The van der Waals surface area contributed by atoms with Crippen molar-refractivity contribution in [2.45, 2.75) is 19.3 Å². The summed E-state index contributed by atoms with van der Waals surface area (Å²) in [5.41, 5.74) is -0.591. The molecular weight excluding hydrogens is 279 g/mol. The number of carboxylic acids is 1. The first kappa shape index (κ1) is 15.1. The Morgan fingerprint density at radius 2 is 2.14 bits per heavy atom. The van der Waals surface area contributed by atoms with E-state index < -0.39 is 23.2 Å². The first-order valence-corrected chi connectivity index (χ1v) is 6.59. The summed E-state index contributed by atoms with van der Waals surface area (Å²) in [6.45, 7) is 0.0623. The minimum absolute atomic E-state index is 0.0623. The maximum atomic E-state index is 13.5. The fourth-order valence-corrected chi connectivity index (χ4v) is 2.24. The molecule has 114 valence electrons. The van der Waals surface area contributed by atoms with E-state index in [1.54, 1.807) is 0 Å². The normalized spacial score (nSPS) is 15.7. The lowest BCUT2D eigenvalue weighted by molar-refractivity contribution is -0.153. The van der Waals surface area contributed by atoms with Crippen LogP contribution in [0, 0.1) is 11.2 Å². The van der Waals surface area contributed by atoms with Crippen LogP contribution in [0.15, 0.2) is 18.2 Å². The Kier molecular flexibility index (Phi) is 4.30. The van der Waals surface area contributed by atoms with E-state index in [1.807, 2.05) is 0 Å². The predicted molar refractivity (Wildman–Crippen MR) is 73.9 cm³/mol. The van der Waals surface area contributed by atoms with Crippen molar-refractivity contribution in [2.75, 3.05) is 19.0 Å². The molecule has 0 aliphatic heterocycles. The highest BCUT2D eigenvalue weighted by Crippen LogP contribution is 2.40. The number of ether oxygens (including phenoxy) is 1. The third-order valence-electron chi connectivity index (χ3n) is 3.76. The molecule has 3 N–H and O–H groups in total. The van der Waals surface area contributed by atoms with Gasteiger partial charge in [0.15, 0.2) is 11.6 Å². The molecule has 1 aliphatic carbocycles. The number of carbonyl (C=O) groups excluding carboxylic acids is 1. The van der Waals surface area contributed by atoms with Crippen LogP contribution in [0.2, 0.25) is 0 Å². The molecule has 7 heteroatoms. The van der Waals surface area contributed by atoms with Crippen LogP contribution in [-0.4, -0.2) is 30.8 Å². The number of halogens is 1. The molecule has 0 heterocycles. The van der Waals surface area contributed by atoms with Gasteiger partial charge in [-0.3, -0.25) is 4.79 Å². The Balaban J connectivity index is 1.90. The number of rotatable bonds is 5. The third kappa shape index (κ3) is 3.24. The quantitative estimate of drug-likeness (QED) is 0.777. The molecular formula is C14H17FN2O4. The van der Waals surface area contributed by atoms with Crippen LogP contribution in [0.1, 0.15) is 19.3 Å². The largest absolute Gasteiger partial charge is 0.494 e. The van der Waals surface area contributed by atoms with Gasteiger partial charge in [0.05, 0.1) is 12.5 Å². The first-order chi connectivity index (χ1) is 9.97. The minimum Gasteiger partial charge on any atom is -0.494 e. The highest BCUT2D eigenvalue weighted by atomic mass is 19.1. The summed E-state index contributed by atoms with van der Waals surface area (Å²) in [7, 11) is 1.35. The average Bonchev–Trinajstić information content (AvgIpc) is 2.37. The van der Waals surface area contributed by atoms with E-state index >= 15 is 0 Å². The zero-order chi connectivity index (χ0) is 15.5. The smallest absolute Gasteiger partial charge is 0.319 e. The van der Waals surface area contributed by atoms with E-state index in [1.165, 1.54) is 19.2 Å².